The third-order valence-corrected chi connectivity index (χ3v) is 9.47. The summed E-state index contributed by atoms with van der Waals surface area (Å²) in [5, 5.41) is 2.66. The van der Waals surface area contributed by atoms with Gasteiger partial charge in [-0.1, -0.05) is 30.3 Å². The van der Waals surface area contributed by atoms with Gasteiger partial charge in [-0.05, 0) is 38.1 Å². The first kappa shape index (κ1) is 23.4. The Hall–Kier alpha value is -3.34. The van der Waals surface area contributed by atoms with Gasteiger partial charge in [0.2, 0.25) is 0 Å². The highest BCUT2D eigenvalue weighted by Gasteiger charge is 2.25. The van der Waals surface area contributed by atoms with Crippen LogP contribution in [0.15, 0.2) is 71.1 Å². The molecule has 0 saturated heterocycles. The minimum absolute atomic E-state index is 0.0922. The predicted molar refractivity (Wildman–Crippen MR) is 141 cm³/mol. The van der Waals surface area contributed by atoms with E-state index in [1.54, 1.807) is 43.3 Å². The number of sulfonamides is 1. The number of carbonyl (C=O) groups is 1. The Balaban J connectivity index is 1.55. The topological polar surface area (TPSA) is 84.6 Å². The molecule has 0 atom stereocenters. The molecule has 0 spiro atoms. The van der Waals surface area contributed by atoms with Gasteiger partial charge in [-0.2, -0.15) is 0 Å². The van der Waals surface area contributed by atoms with Crippen LogP contribution in [0.4, 0.5) is 5.69 Å². The molecule has 3 heterocycles. The third kappa shape index (κ3) is 4.07. The Morgan fingerprint density at radius 3 is 2.43 bits per heavy atom. The van der Waals surface area contributed by atoms with Gasteiger partial charge in [0.1, 0.15) is 10.7 Å². The molecule has 3 aromatic heterocycles. The van der Waals surface area contributed by atoms with Crippen molar-refractivity contribution >= 4 is 49.1 Å². The van der Waals surface area contributed by atoms with E-state index in [-0.39, 0.29) is 10.7 Å². The van der Waals surface area contributed by atoms with Gasteiger partial charge in [-0.15, -0.1) is 22.7 Å². The molecular formula is C25H22N4O3S3. The molecule has 0 aliphatic carbocycles. The predicted octanol–water partition coefficient (Wildman–Crippen LogP) is 5.91. The zero-order valence-corrected chi connectivity index (χ0v) is 21.7. The van der Waals surface area contributed by atoms with E-state index in [2.05, 4.69) is 4.98 Å². The lowest BCUT2D eigenvalue weighted by molar-refractivity contribution is 0.102. The van der Waals surface area contributed by atoms with Gasteiger partial charge in [0.25, 0.3) is 10.0 Å². The van der Waals surface area contributed by atoms with Crippen LogP contribution in [0, 0.1) is 6.92 Å². The number of rotatable bonds is 7. The molecule has 178 valence electrons. The molecule has 0 N–H and O–H groups in total. The lowest BCUT2D eigenvalue weighted by Crippen LogP contribution is -2.30. The van der Waals surface area contributed by atoms with E-state index >= 15 is 0 Å². The Bertz CT molecular complexity index is 1630. The summed E-state index contributed by atoms with van der Waals surface area (Å²) in [7, 11) is -3.75. The SMILES string of the molecule is CCN(c1ccccc1)S(=O)(=O)c1ccc(-c2nc(-c3c(C)nc4sccn34)sc2C(C)=O)cc1. The number of aryl methyl sites for hydroxylation is 1. The van der Waals surface area contributed by atoms with Gasteiger partial charge >= 0.3 is 0 Å². The molecule has 5 aromatic rings. The van der Waals surface area contributed by atoms with Crippen LogP contribution in [0.25, 0.3) is 26.9 Å². The quantitative estimate of drug-likeness (QED) is 0.248. The molecule has 0 aliphatic heterocycles. The number of Topliss-reactive ketones (excluding diaryl/α,β-unsaturated/α-hetero) is 1. The zero-order chi connectivity index (χ0) is 24.7. The highest BCUT2D eigenvalue weighted by Crippen LogP contribution is 2.37. The maximum atomic E-state index is 13.3. The molecule has 35 heavy (non-hydrogen) atoms. The van der Waals surface area contributed by atoms with Crippen molar-refractivity contribution in [2.45, 2.75) is 25.7 Å². The summed E-state index contributed by atoms with van der Waals surface area (Å²) in [6.07, 6.45) is 1.94. The molecule has 0 bridgehead atoms. The first-order valence-corrected chi connectivity index (χ1v) is 14.1. The molecule has 0 radical (unpaired) electrons. The molecule has 0 saturated carbocycles. The van der Waals surface area contributed by atoms with Crippen LogP contribution in [-0.2, 0) is 10.0 Å². The number of imidazole rings is 1. The summed E-state index contributed by atoms with van der Waals surface area (Å²) in [5.41, 5.74) is 3.54. The maximum Gasteiger partial charge on any atom is 0.264 e. The fourth-order valence-electron chi connectivity index (χ4n) is 4.00. The lowest BCUT2D eigenvalue weighted by Gasteiger charge is -2.23. The molecule has 0 amide bonds. The molecule has 5 rings (SSSR count). The van der Waals surface area contributed by atoms with Gasteiger partial charge < -0.3 is 0 Å². The number of aromatic nitrogens is 3. The molecule has 2 aromatic carbocycles. The Labute approximate surface area is 211 Å². The summed E-state index contributed by atoms with van der Waals surface area (Å²) in [5.74, 6) is -0.0922. The van der Waals surface area contributed by atoms with Crippen molar-refractivity contribution in [2.24, 2.45) is 0 Å². The average Bonchev–Trinajstić information content (AvgIpc) is 3.55. The highest BCUT2D eigenvalue weighted by atomic mass is 32.2. The van der Waals surface area contributed by atoms with Crippen molar-refractivity contribution in [1.82, 2.24) is 14.4 Å². The molecule has 10 heteroatoms. The monoisotopic (exact) mass is 522 g/mol. The van der Waals surface area contributed by atoms with Crippen LogP contribution < -0.4 is 4.31 Å². The summed E-state index contributed by atoms with van der Waals surface area (Å²) in [4.78, 5) is 23.4. The van der Waals surface area contributed by atoms with Crippen LogP contribution in [-0.4, -0.2) is 35.1 Å². The number of hydrogen-bond donors (Lipinski definition) is 0. The first-order chi connectivity index (χ1) is 16.8. The van der Waals surface area contributed by atoms with Gasteiger partial charge in [0.05, 0.1) is 26.8 Å². The van der Waals surface area contributed by atoms with E-state index in [1.165, 1.54) is 33.9 Å². The number of thiazole rings is 2. The second-order valence-corrected chi connectivity index (χ2v) is 11.6. The minimum atomic E-state index is -3.75. The van der Waals surface area contributed by atoms with Crippen LogP contribution in [0.3, 0.4) is 0 Å². The van der Waals surface area contributed by atoms with Crippen molar-refractivity contribution in [2.75, 3.05) is 10.8 Å². The van der Waals surface area contributed by atoms with E-state index < -0.39 is 10.0 Å². The number of para-hydroxylation sites is 1. The largest absolute Gasteiger partial charge is 0.294 e. The number of nitrogens with zero attached hydrogens (tertiary/aromatic N) is 4. The summed E-state index contributed by atoms with van der Waals surface area (Å²) >= 11 is 2.86. The van der Waals surface area contributed by atoms with Crippen LogP contribution in [0.2, 0.25) is 0 Å². The lowest BCUT2D eigenvalue weighted by atomic mass is 10.1. The summed E-state index contributed by atoms with van der Waals surface area (Å²) in [6.45, 7) is 5.55. The fourth-order valence-corrected chi connectivity index (χ4v) is 7.32. The Morgan fingerprint density at radius 2 is 1.77 bits per heavy atom. The summed E-state index contributed by atoms with van der Waals surface area (Å²) in [6, 6.07) is 15.6. The van der Waals surface area contributed by atoms with Gasteiger partial charge in [-0.3, -0.25) is 13.5 Å². The molecule has 0 fully saturated rings. The third-order valence-electron chi connectivity index (χ3n) is 5.63. The maximum absolute atomic E-state index is 13.3. The van der Waals surface area contributed by atoms with Crippen molar-refractivity contribution in [3.05, 3.63) is 76.7 Å². The molecule has 0 aliphatic rings. The average molecular weight is 523 g/mol. The van der Waals surface area contributed by atoms with Crippen molar-refractivity contribution in [3.8, 4) is 22.0 Å². The standard InChI is InChI=1S/C25H22N4O3S3/c1-4-29(19-8-6-5-7-9-19)35(31,32)20-12-10-18(11-13-20)21-23(17(3)30)34-24(27-21)22-16(2)26-25-28(22)14-15-33-25/h5-15H,4H2,1-3H3. The second kappa shape index (κ2) is 9.03. The van der Waals surface area contributed by atoms with E-state index in [0.717, 1.165) is 16.3 Å². The fraction of sp³-hybridized carbons (Fsp3) is 0.160. The normalized spacial score (nSPS) is 11.7. The molecule has 0 unspecified atom stereocenters. The highest BCUT2D eigenvalue weighted by molar-refractivity contribution is 7.92. The van der Waals surface area contributed by atoms with Crippen LogP contribution >= 0.6 is 22.7 Å². The van der Waals surface area contributed by atoms with Gasteiger partial charge in [-0.25, -0.2) is 18.4 Å². The van der Waals surface area contributed by atoms with Crippen molar-refractivity contribution in [1.29, 1.82) is 0 Å². The van der Waals surface area contributed by atoms with E-state index in [9.17, 15) is 13.2 Å². The van der Waals surface area contributed by atoms with Crippen LogP contribution in [0.5, 0.6) is 0 Å². The Morgan fingerprint density at radius 1 is 1.06 bits per heavy atom. The minimum Gasteiger partial charge on any atom is -0.294 e. The molecular weight excluding hydrogens is 501 g/mol. The number of ketones is 1. The summed E-state index contributed by atoms with van der Waals surface area (Å²) < 4.78 is 30.0. The Kier molecular flexibility index (Phi) is 6.04. The smallest absolute Gasteiger partial charge is 0.264 e. The van der Waals surface area contributed by atoms with Crippen LogP contribution in [0.1, 0.15) is 29.2 Å². The van der Waals surface area contributed by atoms with E-state index in [1.807, 2.05) is 41.1 Å². The van der Waals surface area contributed by atoms with Crippen molar-refractivity contribution in [3.63, 3.8) is 0 Å². The number of anilines is 1. The van der Waals surface area contributed by atoms with Gasteiger partial charge in [0, 0.05) is 30.6 Å². The van der Waals surface area contributed by atoms with Crippen molar-refractivity contribution < 1.29 is 13.2 Å². The number of fused-ring (bicyclic) bond motifs is 1. The van der Waals surface area contributed by atoms with E-state index in [0.29, 0.717) is 33.4 Å². The first-order valence-electron chi connectivity index (χ1n) is 10.9. The zero-order valence-electron chi connectivity index (χ0n) is 19.3. The van der Waals surface area contributed by atoms with E-state index in [4.69, 9.17) is 4.98 Å². The number of benzene rings is 2. The van der Waals surface area contributed by atoms with Gasteiger partial charge in [0.15, 0.2) is 10.7 Å². The number of carbonyl (C=O) groups excluding carboxylic acids is 1. The number of hydrogen-bond acceptors (Lipinski definition) is 7. The molecule has 7 nitrogen and oxygen atoms in total. The second-order valence-electron chi connectivity index (χ2n) is 7.88.